The van der Waals surface area contributed by atoms with Gasteiger partial charge in [-0.25, -0.2) is 0 Å². The summed E-state index contributed by atoms with van der Waals surface area (Å²) in [7, 11) is 1.62. The van der Waals surface area contributed by atoms with Gasteiger partial charge in [-0.1, -0.05) is 36.6 Å². The molecule has 0 aromatic heterocycles. The van der Waals surface area contributed by atoms with Crippen molar-refractivity contribution in [3.05, 3.63) is 59.1 Å². The van der Waals surface area contributed by atoms with Crippen LogP contribution in [0.15, 0.2) is 48.5 Å². The van der Waals surface area contributed by atoms with Crippen molar-refractivity contribution in [1.29, 1.82) is 0 Å². The zero-order valence-corrected chi connectivity index (χ0v) is 20.1. The summed E-state index contributed by atoms with van der Waals surface area (Å²) < 4.78 is 10.9. The third-order valence-electron chi connectivity index (χ3n) is 6.00. The fourth-order valence-electron chi connectivity index (χ4n) is 3.99. The predicted octanol–water partition coefficient (Wildman–Crippen LogP) is 4.98. The lowest BCUT2D eigenvalue weighted by atomic mass is 10.1. The van der Waals surface area contributed by atoms with Gasteiger partial charge in [-0.3, -0.25) is 9.59 Å². The van der Waals surface area contributed by atoms with Crippen LogP contribution < -0.4 is 14.8 Å². The van der Waals surface area contributed by atoms with Crippen LogP contribution >= 0.6 is 11.6 Å². The molecule has 0 heterocycles. The van der Waals surface area contributed by atoms with E-state index in [9.17, 15) is 9.59 Å². The Kier molecular flexibility index (Phi) is 9.43. The SMILES string of the molecule is COc1ccc(CN(C(=O)CCCOc2ccc(Cl)cc2)[C@H](C)C(=O)NC2CCCC2)cc1. The fraction of sp³-hybridized carbons (Fsp3) is 0.462. The second-order valence-electron chi connectivity index (χ2n) is 8.44. The van der Waals surface area contributed by atoms with Crippen LogP contribution in [0.3, 0.4) is 0 Å². The van der Waals surface area contributed by atoms with Crippen LogP contribution in [0.4, 0.5) is 0 Å². The van der Waals surface area contributed by atoms with Gasteiger partial charge in [0.1, 0.15) is 17.5 Å². The van der Waals surface area contributed by atoms with Gasteiger partial charge >= 0.3 is 0 Å². The summed E-state index contributed by atoms with van der Waals surface area (Å²) in [6.45, 7) is 2.57. The van der Waals surface area contributed by atoms with Gasteiger partial charge < -0.3 is 19.7 Å². The average Bonchev–Trinajstić information content (AvgIpc) is 3.34. The largest absolute Gasteiger partial charge is 0.497 e. The minimum Gasteiger partial charge on any atom is -0.497 e. The van der Waals surface area contributed by atoms with E-state index in [4.69, 9.17) is 21.1 Å². The molecule has 1 fully saturated rings. The number of rotatable bonds is 11. The molecule has 1 saturated carbocycles. The number of methoxy groups -OCH3 is 1. The van der Waals surface area contributed by atoms with Crippen LogP contribution in [0.5, 0.6) is 11.5 Å². The number of carbonyl (C=O) groups is 2. The maximum absolute atomic E-state index is 13.2. The average molecular weight is 473 g/mol. The molecule has 1 aliphatic carbocycles. The Bertz CT molecular complexity index is 896. The molecule has 7 heteroatoms. The molecule has 2 aromatic rings. The van der Waals surface area contributed by atoms with E-state index in [0.717, 1.165) is 37.0 Å². The smallest absolute Gasteiger partial charge is 0.242 e. The number of nitrogens with one attached hydrogen (secondary N) is 1. The molecule has 33 heavy (non-hydrogen) atoms. The lowest BCUT2D eigenvalue weighted by molar-refractivity contribution is -0.141. The number of ether oxygens (including phenoxy) is 2. The maximum atomic E-state index is 13.2. The summed E-state index contributed by atoms with van der Waals surface area (Å²) in [5.74, 6) is 1.30. The summed E-state index contributed by atoms with van der Waals surface area (Å²) in [5, 5.41) is 3.77. The van der Waals surface area contributed by atoms with Crippen molar-refractivity contribution in [1.82, 2.24) is 10.2 Å². The molecule has 1 aliphatic rings. The lowest BCUT2D eigenvalue weighted by Gasteiger charge is -2.30. The first-order valence-corrected chi connectivity index (χ1v) is 11.9. The first kappa shape index (κ1) is 24.9. The van der Waals surface area contributed by atoms with E-state index in [1.807, 2.05) is 24.3 Å². The number of amides is 2. The van der Waals surface area contributed by atoms with E-state index in [1.54, 1.807) is 43.2 Å². The van der Waals surface area contributed by atoms with Gasteiger partial charge in [0.05, 0.1) is 13.7 Å². The summed E-state index contributed by atoms with van der Waals surface area (Å²) in [6, 6.07) is 14.4. The minimum absolute atomic E-state index is 0.0698. The van der Waals surface area contributed by atoms with Gasteiger partial charge in [0.25, 0.3) is 0 Å². The van der Waals surface area contributed by atoms with Crippen molar-refractivity contribution in [2.75, 3.05) is 13.7 Å². The highest BCUT2D eigenvalue weighted by molar-refractivity contribution is 6.30. The molecule has 0 bridgehead atoms. The Morgan fingerprint density at radius 3 is 2.33 bits per heavy atom. The summed E-state index contributed by atoms with van der Waals surface area (Å²) in [6.07, 6.45) is 5.14. The van der Waals surface area contributed by atoms with E-state index in [2.05, 4.69) is 5.32 Å². The van der Waals surface area contributed by atoms with Gasteiger partial charge in [0, 0.05) is 24.0 Å². The predicted molar refractivity (Wildman–Crippen MR) is 130 cm³/mol. The van der Waals surface area contributed by atoms with Gasteiger partial charge in [-0.05, 0) is 68.1 Å². The molecule has 0 radical (unpaired) electrons. The van der Waals surface area contributed by atoms with Gasteiger partial charge in [-0.15, -0.1) is 0 Å². The second kappa shape index (κ2) is 12.5. The second-order valence-corrected chi connectivity index (χ2v) is 8.88. The molecule has 1 N–H and O–H groups in total. The quantitative estimate of drug-likeness (QED) is 0.468. The van der Waals surface area contributed by atoms with Crippen molar-refractivity contribution in [3.63, 3.8) is 0 Å². The Morgan fingerprint density at radius 1 is 1.06 bits per heavy atom. The van der Waals surface area contributed by atoms with Crippen molar-refractivity contribution in [2.24, 2.45) is 0 Å². The number of halogens is 1. The molecule has 0 saturated heterocycles. The first-order valence-electron chi connectivity index (χ1n) is 11.6. The van der Waals surface area contributed by atoms with E-state index in [1.165, 1.54) is 0 Å². The van der Waals surface area contributed by atoms with E-state index < -0.39 is 6.04 Å². The van der Waals surface area contributed by atoms with Crippen LogP contribution in [0.25, 0.3) is 0 Å². The number of nitrogens with zero attached hydrogens (tertiary/aromatic N) is 1. The maximum Gasteiger partial charge on any atom is 0.242 e. The van der Waals surface area contributed by atoms with E-state index in [-0.39, 0.29) is 17.9 Å². The zero-order valence-electron chi connectivity index (χ0n) is 19.4. The lowest BCUT2D eigenvalue weighted by Crippen LogP contribution is -2.49. The van der Waals surface area contributed by atoms with Crippen LogP contribution in [0.1, 0.15) is 51.0 Å². The Labute approximate surface area is 201 Å². The highest BCUT2D eigenvalue weighted by Crippen LogP contribution is 2.20. The van der Waals surface area contributed by atoms with Crippen LogP contribution in [-0.2, 0) is 16.1 Å². The standard InChI is InChI=1S/C26H33ClN2O4/c1-19(26(31)28-22-6-3-4-7-22)29(18-20-9-13-23(32-2)14-10-20)25(30)8-5-17-33-24-15-11-21(27)12-16-24/h9-16,19,22H,3-8,17-18H2,1-2H3,(H,28,31)/t19-/m1/s1. The molecule has 3 rings (SSSR count). The topological polar surface area (TPSA) is 67.9 Å². The molecule has 2 amide bonds. The minimum atomic E-state index is -0.558. The molecular weight excluding hydrogens is 440 g/mol. The fourth-order valence-corrected chi connectivity index (χ4v) is 4.12. The van der Waals surface area contributed by atoms with Gasteiger partial charge in [-0.2, -0.15) is 0 Å². The molecule has 2 aromatic carbocycles. The molecule has 178 valence electrons. The Balaban J connectivity index is 1.60. The number of carbonyl (C=O) groups excluding carboxylic acids is 2. The van der Waals surface area contributed by atoms with E-state index >= 15 is 0 Å². The van der Waals surface area contributed by atoms with E-state index in [0.29, 0.717) is 36.8 Å². The van der Waals surface area contributed by atoms with Crippen LogP contribution in [-0.4, -0.2) is 42.5 Å². The number of hydrogen-bond donors (Lipinski definition) is 1. The summed E-state index contributed by atoms with van der Waals surface area (Å²) >= 11 is 5.90. The van der Waals surface area contributed by atoms with Crippen LogP contribution in [0.2, 0.25) is 5.02 Å². The van der Waals surface area contributed by atoms with Crippen molar-refractivity contribution in [3.8, 4) is 11.5 Å². The molecule has 0 unspecified atom stereocenters. The molecule has 6 nitrogen and oxygen atoms in total. The van der Waals surface area contributed by atoms with Crippen LogP contribution in [0, 0.1) is 0 Å². The Morgan fingerprint density at radius 2 is 1.70 bits per heavy atom. The Hall–Kier alpha value is -2.73. The monoisotopic (exact) mass is 472 g/mol. The third-order valence-corrected chi connectivity index (χ3v) is 6.25. The zero-order chi connectivity index (χ0) is 23.6. The highest BCUT2D eigenvalue weighted by Gasteiger charge is 2.28. The van der Waals surface area contributed by atoms with Gasteiger partial charge in [0.2, 0.25) is 11.8 Å². The van der Waals surface area contributed by atoms with Crippen molar-refractivity contribution in [2.45, 2.75) is 64.1 Å². The molecule has 0 spiro atoms. The van der Waals surface area contributed by atoms with Crippen molar-refractivity contribution >= 4 is 23.4 Å². The summed E-state index contributed by atoms with van der Waals surface area (Å²) in [5.41, 5.74) is 0.946. The normalized spacial score (nSPS) is 14.5. The molecule has 0 aliphatic heterocycles. The number of hydrogen-bond acceptors (Lipinski definition) is 4. The van der Waals surface area contributed by atoms with Crippen molar-refractivity contribution < 1.29 is 19.1 Å². The summed E-state index contributed by atoms with van der Waals surface area (Å²) in [4.78, 5) is 27.7. The number of benzene rings is 2. The molecule has 1 atom stereocenters. The third kappa shape index (κ3) is 7.67. The highest BCUT2D eigenvalue weighted by atomic mass is 35.5. The van der Waals surface area contributed by atoms with Gasteiger partial charge in [0.15, 0.2) is 0 Å². The molecular formula is C26H33ClN2O4. The first-order chi connectivity index (χ1) is 16.0.